The van der Waals surface area contributed by atoms with Crippen molar-refractivity contribution in [3.63, 3.8) is 0 Å². The lowest BCUT2D eigenvalue weighted by Crippen LogP contribution is -2.35. The lowest BCUT2D eigenvalue weighted by molar-refractivity contribution is -0.274. The Morgan fingerprint density at radius 1 is 1.09 bits per heavy atom. The van der Waals surface area contributed by atoms with Crippen LogP contribution in [0.3, 0.4) is 0 Å². The lowest BCUT2D eigenvalue weighted by atomic mass is 10.0. The first kappa shape index (κ1) is 30.4. The largest absolute Gasteiger partial charge is 0.573 e. The Morgan fingerprint density at radius 2 is 1.82 bits per heavy atom. The molecule has 0 unspecified atom stereocenters. The van der Waals surface area contributed by atoms with Gasteiger partial charge in [-0.15, -0.1) is 18.3 Å². The van der Waals surface area contributed by atoms with Gasteiger partial charge in [-0.3, -0.25) is 9.69 Å². The van der Waals surface area contributed by atoms with Crippen LogP contribution in [0.15, 0.2) is 78.0 Å². The number of halogens is 3. The Balaban J connectivity index is 1.15. The zero-order valence-electron chi connectivity index (χ0n) is 24.5. The highest BCUT2D eigenvalue weighted by Gasteiger charge is 2.46. The van der Waals surface area contributed by atoms with Gasteiger partial charge in [0.25, 0.3) is 0 Å². The third-order valence-corrected chi connectivity index (χ3v) is 8.51. The minimum atomic E-state index is -4.76. The van der Waals surface area contributed by atoms with Gasteiger partial charge < -0.3 is 10.1 Å². The Morgan fingerprint density at radius 3 is 2.49 bits per heavy atom. The first-order valence-electron chi connectivity index (χ1n) is 14.4. The predicted octanol–water partition coefficient (Wildman–Crippen LogP) is 6.93. The number of amidine groups is 1. The molecular formula is C32H29F3N6O3S. The van der Waals surface area contributed by atoms with Crippen LogP contribution < -0.4 is 15.0 Å². The quantitative estimate of drug-likeness (QED) is 0.226. The molecule has 232 valence electrons. The highest BCUT2D eigenvalue weighted by Crippen LogP contribution is 2.46. The van der Waals surface area contributed by atoms with Gasteiger partial charge in [0.2, 0.25) is 5.91 Å². The number of nitrogens with one attached hydrogen (secondary N) is 1. The molecule has 1 aliphatic carbocycles. The first-order chi connectivity index (χ1) is 21.5. The molecule has 13 heteroatoms. The molecule has 0 radical (unpaired) electrons. The number of hydrogen-bond acceptors (Lipinski definition) is 6. The molecule has 3 aromatic carbocycles. The maximum atomic E-state index is 13.2. The van der Waals surface area contributed by atoms with Crippen molar-refractivity contribution in [2.75, 3.05) is 10.7 Å². The number of ether oxygens (including phenoxy) is 1. The standard InChI is InChI=1S/C32H29F3N6O3S/c1-3-4-21-6-5-20(2)17-26(21)41-27(42)18-45-30(41)37-29(43)38-31(15-16-31)23-9-7-22(8-10-23)28-36-19-40(39-28)24-11-13-25(14-12-24)44-32(33,34)35/h5-14,17,19H,3-4,15-16,18H2,1-2H3,(H,38,43). The van der Waals surface area contributed by atoms with E-state index in [4.69, 9.17) is 0 Å². The monoisotopic (exact) mass is 634 g/mol. The average Bonchev–Trinajstić information content (AvgIpc) is 3.44. The van der Waals surface area contributed by atoms with Crippen molar-refractivity contribution < 1.29 is 27.5 Å². The number of nitrogens with zero attached hydrogens (tertiary/aromatic N) is 5. The number of carbonyl (C=O) groups excluding carboxylic acids is 2. The summed E-state index contributed by atoms with van der Waals surface area (Å²) < 4.78 is 42.7. The van der Waals surface area contributed by atoms with E-state index in [0.717, 1.165) is 53.6 Å². The Bertz CT molecular complexity index is 1770. The summed E-state index contributed by atoms with van der Waals surface area (Å²) in [5.41, 5.74) is 4.45. The number of anilines is 1. The van der Waals surface area contributed by atoms with Crippen LogP contribution in [-0.2, 0) is 16.8 Å². The Labute approximate surface area is 261 Å². The first-order valence-corrected chi connectivity index (χ1v) is 15.4. The minimum absolute atomic E-state index is 0.102. The summed E-state index contributed by atoms with van der Waals surface area (Å²) in [4.78, 5) is 36.3. The van der Waals surface area contributed by atoms with Gasteiger partial charge in [0.05, 0.1) is 22.7 Å². The number of aryl methyl sites for hydroxylation is 2. The molecule has 2 fully saturated rings. The smallest absolute Gasteiger partial charge is 0.406 e. The van der Waals surface area contributed by atoms with E-state index in [0.29, 0.717) is 16.7 Å². The topological polar surface area (TPSA) is 102 Å². The molecule has 0 atom stereocenters. The van der Waals surface area contributed by atoms with Crippen LogP contribution in [0.5, 0.6) is 5.75 Å². The molecule has 1 N–H and O–H groups in total. The maximum absolute atomic E-state index is 13.2. The fraction of sp³-hybridized carbons (Fsp3) is 0.281. The fourth-order valence-electron chi connectivity index (χ4n) is 5.23. The highest BCUT2D eigenvalue weighted by atomic mass is 32.2. The van der Waals surface area contributed by atoms with E-state index in [1.165, 1.54) is 47.0 Å². The molecule has 2 aliphatic rings. The normalized spacial score (nSPS) is 16.7. The van der Waals surface area contributed by atoms with Crippen LogP contribution in [0.25, 0.3) is 17.1 Å². The summed E-state index contributed by atoms with van der Waals surface area (Å²) in [5, 5.41) is 7.88. The van der Waals surface area contributed by atoms with Crippen LogP contribution in [0.4, 0.5) is 23.7 Å². The predicted molar refractivity (Wildman–Crippen MR) is 165 cm³/mol. The Hall–Kier alpha value is -4.65. The second kappa shape index (κ2) is 12.0. The van der Waals surface area contributed by atoms with E-state index in [1.807, 2.05) is 49.4 Å². The van der Waals surface area contributed by atoms with E-state index >= 15 is 0 Å². The molecular weight excluding hydrogens is 605 g/mol. The van der Waals surface area contributed by atoms with Crippen molar-refractivity contribution in [1.29, 1.82) is 0 Å². The van der Waals surface area contributed by atoms with Crippen molar-refractivity contribution in [1.82, 2.24) is 20.1 Å². The van der Waals surface area contributed by atoms with Gasteiger partial charge in [-0.25, -0.2) is 14.5 Å². The summed E-state index contributed by atoms with van der Waals surface area (Å²) >= 11 is 1.26. The summed E-state index contributed by atoms with van der Waals surface area (Å²) in [7, 11) is 0. The molecule has 1 saturated carbocycles. The molecule has 9 nitrogen and oxygen atoms in total. The fourth-order valence-corrected chi connectivity index (χ4v) is 6.09. The van der Waals surface area contributed by atoms with Crippen LogP contribution in [0.2, 0.25) is 0 Å². The van der Waals surface area contributed by atoms with Gasteiger partial charge in [0, 0.05) is 5.56 Å². The van der Waals surface area contributed by atoms with Gasteiger partial charge in [0.1, 0.15) is 12.1 Å². The number of carbonyl (C=O) groups is 2. The number of thioether (sulfide) groups is 1. The summed E-state index contributed by atoms with van der Waals surface area (Å²) in [6.07, 6.45) is -0.0554. The maximum Gasteiger partial charge on any atom is 0.573 e. The molecule has 0 spiro atoms. The number of benzene rings is 3. The summed E-state index contributed by atoms with van der Waals surface area (Å²) in [6.45, 7) is 4.05. The van der Waals surface area contributed by atoms with Crippen LogP contribution in [0.1, 0.15) is 42.9 Å². The van der Waals surface area contributed by atoms with Crippen LogP contribution in [-0.4, -0.2) is 44.0 Å². The minimum Gasteiger partial charge on any atom is -0.406 e. The molecule has 1 aromatic heterocycles. The lowest BCUT2D eigenvalue weighted by Gasteiger charge is -2.21. The number of aliphatic imine (C=N–C) groups is 1. The number of amides is 3. The van der Waals surface area contributed by atoms with Gasteiger partial charge in [-0.05, 0) is 73.2 Å². The Kier molecular flexibility index (Phi) is 8.12. The van der Waals surface area contributed by atoms with Crippen molar-refractivity contribution >= 4 is 34.6 Å². The van der Waals surface area contributed by atoms with Crippen molar-refractivity contribution in [2.45, 2.75) is 51.4 Å². The SMILES string of the molecule is CCCc1ccc(C)cc1N1C(=O)CSC1=NC(=O)NC1(c2ccc(-c3ncn(-c4ccc(OC(F)(F)F)cc4)n3)cc2)CC1. The van der Waals surface area contributed by atoms with Crippen molar-refractivity contribution in [3.8, 4) is 22.8 Å². The molecule has 1 aliphatic heterocycles. The van der Waals surface area contributed by atoms with E-state index in [2.05, 4.69) is 32.1 Å². The zero-order valence-corrected chi connectivity index (χ0v) is 25.3. The third-order valence-electron chi connectivity index (χ3n) is 7.58. The van der Waals surface area contributed by atoms with Crippen LogP contribution in [0, 0.1) is 6.92 Å². The molecule has 3 amide bonds. The van der Waals surface area contributed by atoms with Crippen molar-refractivity contribution in [3.05, 3.63) is 89.7 Å². The van der Waals surface area contributed by atoms with E-state index in [1.54, 1.807) is 4.90 Å². The molecule has 0 bridgehead atoms. The van der Waals surface area contributed by atoms with Crippen molar-refractivity contribution in [2.24, 2.45) is 4.99 Å². The zero-order chi connectivity index (χ0) is 31.8. The summed E-state index contributed by atoms with van der Waals surface area (Å²) in [6, 6.07) is 18.4. The molecule has 1 saturated heterocycles. The molecule has 2 heterocycles. The average molecular weight is 635 g/mol. The molecule has 4 aromatic rings. The van der Waals surface area contributed by atoms with Gasteiger partial charge in [-0.1, -0.05) is 61.5 Å². The number of alkyl halides is 3. The number of urea groups is 1. The van der Waals surface area contributed by atoms with E-state index < -0.39 is 17.9 Å². The number of hydrogen-bond donors (Lipinski definition) is 1. The van der Waals surface area contributed by atoms with Gasteiger partial charge in [-0.2, -0.15) is 4.99 Å². The van der Waals surface area contributed by atoms with Crippen LogP contribution >= 0.6 is 11.8 Å². The van der Waals surface area contributed by atoms with E-state index in [-0.39, 0.29) is 17.4 Å². The second-order valence-electron chi connectivity index (χ2n) is 10.9. The number of rotatable bonds is 8. The number of aromatic nitrogens is 3. The van der Waals surface area contributed by atoms with E-state index in [9.17, 15) is 22.8 Å². The summed E-state index contributed by atoms with van der Waals surface area (Å²) in [5.74, 6) is 0.225. The van der Waals surface area contributed by atoms with Gasteiger partial charge >= 0.3 is 12.4 Å². The highest BCUT2D eigenvalue weighted by molar-refractivity contribution is 8.15. The van der Waals surface area contributed by atoms with Gasteiger partial charge in [0.15, 0.2) is 11.0 Å². The molecule has 45 heavy (non-hydrogen) atoms. The molecule has 6 rings (SSSR count). The third kappa shape index (κ3) is 6.72. The second-order valence-corrected chi connectivity index (χ2v) is 11.9.